The lowest BCUT2D eigenvalue weighted by Crippen LogP contribution is -2.11. The van der Waals surface area contributed by atoms with Crippen LogP contribution in [0.1, 0.15) is 15.9 Å². The molecule has 2 aromatic carbocycles. The molecule has 0 heterocycles. The first-order valence-electron chi connectivity index (χ1n) is 6.00. The molecule has 0 saturated carbocycles. The fourth-order valence-corrected chi connectivity index (χ4v) is 1.78. The number of rotatable bonds is 4. The molecule has 108 valence electrons. The number of nitrogens with zero attached hydrogens (tertiary/aromatic N) is 1. The van der Waals surface area contributed by atoms with Gasteiger partial charge in [-0.1, -0.05) is 6.07 Å². The van der Waals surface area contributed by atoms with Gasteiger partial charge >= 0.3 is 5.69 Å². The van der Waals surface area contributed by atoms with E-state index in [1.807, 2.05) is 6.92 Å². The van der Waals surface area contributed by atoms with Gasteiger partial charge in [-0.15, -0.1) is 0 Å². The van der Waals surface area contributed by atoms with E-state index in [0.717, 1.165) is 11.6 Å². The summed E-state index contributed by atoms with van der Waals surface area (Å²) < 4.78 is 5.47. The van der Waals surface area contributed by atoms with E-state index >= 15 is 0 Å². The second-order valence-corrected chi connectivity index (χ2v) is 4.45. The average molecular weight is 287 g/mol. The van der Waals surface area contributed by atoms with Crippen LogP contribution < -0.4 is 16.2 Å². The summed E-state index contributed by atoms with van der Waals surface area (Å²) in [5.74, 6) is -0.462. The van der Waals surface area contributed by atoms with Crippen LogP contribution in [0.15, 0.2) is 36.4 Å². The number of ether oxygens (including phenoxy) is 1. The Morgan fingerprint density at radius 3 is 2.43 bits per heavy atom. The fourth-order valence-electron chi connectivity index (χ4n) is 1.78. The second kappa shape index (κ2) is 5.49. The summed E-state index contributed by atoms with van der Waals surface area (Å²) in [6.07, 6.45) is 0. The summed E-state index contributed by atoms with van der Waals surface area (Å²) in [6.45, 7) is 1.87. The molecule has 2 aromatic rings. The molecule has 0 radical (unpaired) electrons. The zero-order valence-electron chi connectivity index (χ0n) is 11.2. The number of nitrogens with two attached hydrogens (primary N) is 2. The number of aryl methyl sites for hydroxylation is 1. The van der Waals surface area contributed by atoms with Crippen molar-refractivity contribution in [1.29, 1.82) is 0 Å². The predicted molar refractivity (Wildman–Crippen MR) is 77.3 cm³/mol. The molecule has 2 rings (SSSR count). The number of benzene rings is 2. The Labute approximate surface area is 120 Å². The SMILES string of the molecule is Cc1ccc(Oc2ccc(C(N)=O)cc2[N+](=O)[O-])c(N)c1. The van der Waals surface area contributed by atoms with Gasteiger partial charge in [0, 0.05) is 11.6 Å². The number of hydrogen-bond donors (Lipinski definition) is 2. The molecule has 0 aliphatic heterocycles. The van der Waals surface area contributed by atoms with E-state index in [0.29, 0.717) is 11.4 Å². The molecule has 0 saturated heterocycles. The molecule has 0 aromatic heterocycles. The molecule has 0 atom stereocenters. The van der Waals surface area contributed by atoms with Crippen LogP contribution in [-0.4, -0.2) is 10.8 Å². The zero-order valence-corrected chi connectivity index (χ0v) is 11.2. The van der Waals surface area contributed by atoms with Crippen molar-refractivity contribution < 1.29 is 14.5 Å². The van der Waals surface area contributed by atoms with Crippen molar-refractivity contribution in [3.05, 3.63) is 57.6 Å². The van der Waals surface area contributed by atoms with Gasteiger partial charge in [0.2, 0.25) is 11.7 Å². The van der Waals surface area contributed by atoms with Crippen molar-refractivity contribution in [3.8, 4) is 11.5 Å². The Bertz CT molecular complexity index is 728. The standard InChI is InChI=1S/C14H13N3O4/c1-8-2-4-12(10(15)6-8)21-13-5-3-9(14(16)18)7-11(13)17(19)20/h2-7H,15H2,1H3,(H2,16,18). The number of nitro benzene ring substituents is 1. The molecular weight excluding hydrogens is 274 g/mol. The van der Waals surface area contributed by atoms with Gasteiger partial charge in [-0.05, 0) is 36.8 Å². The third-order valence-corrected chi connectivity index (χ3v) is 2.83. The molecule has 7 heteroatoms. The predicted octanol–water partition coefficient (Wildman–Crippen LogP) is 2.38. The molecule has 7 nitrogen and oxygen atoms in total. The monoisotopic (exact) mass is 287 g/mol. The molecule has 0 unspecified atom stereocenters. The van der Waals surface area contributed by atoms with Gasteiger partial charge in [-0.2, -0.15) is 0 Å². The molecule has 1 amide bonds. The maximum Gasteiger partial charge on any atom is 0.312 e. The van der Waals surface area contributed by atoms with Gasteiger partial charge < -0.3 is 16.2 Å². The summed E-state index contributed by atoms with van der Waals surface area (Å²) >= 11 is 0. The molecule has 0 aliphatic carbocycles. The van der Waals surface area contributed by atoms with E-state index in [4.69, 9.17) is 16.2 Å². The Kier molecular flexibility index (Phi) is 3.75. The minimum atomic E-state index is -0.750. The molecule has 0 aliphatic rings. The first-order valence-corrected chi connectivity index (χ1v) is 6.00. The van der Waals surface area contributed by atoms with Crippen LogP contribution >= 0.6 is 0 Å². The highest BCUT2D eigenvalue weighted by molar-refractivity contribution is 5.93. The fraction of sp³-hybridized carbons (Fsp3) is 0.0714. The minimum absolute atomic E-state index is 0.0134. The van der Waals surface area contributed by atoms with Crippen LogP contribution in [0.2, 0.25) is 0 Å². The summed E-state index contributed by atoms with van der Waals surface area (Å²) in [4.78, 5) is 21.5. The smallest absolute Gasteiger partial charge is 0.312 e. The topological polar surface area (TPSA) is 121 Å². The highest BCUT2D eigenvalue weighted by atomic mass is 16.6. The Morgan fingerprint density at radius 1 is 1.19 bits per heavy atom. The maximum atomic E-state index is 11.1. The largest absolute Gasteiger partial charge is 0.448 e. The molecule has 0 fully saturated rings. The van der Waals surface area contributed by atoms with Crippen LogP contribution in [0.4, 0.5) is 11.4 Å². The molecule has 0 spiro atoms. The first kappa shape index (κ1) is 14.3. The van der Waals surface area contributed by atoms with E-state index in [9.17, 15) is 14.9 Å². The summed E-state index contributed by atoms with van der Waals surface area (Å²) in [5, 5.41) is 11.1. The zero-order chi connectivity index (χ0) is 15.6. The summed E-state index contributed by atoms with van der Waals surface area (Å²) in [7, 11) is 0. The van der Waals surface area contributed by atoms with Crippen molar-refractivity contribution in [2.75, 3.05) is 5.73 Å². The Hall–Kier alpha value is -3.09. The third kappa shape index (κ3) is 3.08. The highest BCUT2D eigenvalue weighted by Crippen LogP contribution is 2.34. The van der Waals surface area contributed by atoms with Gasteiger partial charge in [0.1, 0.15) is 0 Å². The number of hydrogen-bond acceptors (Lipinski definition) is 5. The van der Waals surface area contributed by atoms with E-state index in [1.54, 1.807) is 18.2 Å². The van der Waals surface area contributed by atoms with Crippen LogP contribution in [-0.2, 0) is 0 Å². The van der Waals surface area contributed by atoms with Gasteiger partial charge in [-0.25, -0.2) is 0 Å². The van der Waals surface area contributed by atoms with Gasteiger partial charge in [0.05, 0.1) is 10.6 Å². The Balaban J connectivity index is 2.44. The number of nitrogen functional groups attached to an aromatic ring is 1. The minimum Gasteiger partial charge on any atom is -0.448 e. The quantitative estimate of drug-likeness (QED) is 0.508. The summed E-state index contributed by atoms with van der Waals surface area (Å²) in [5.41, 5.74) is 11.9. The number of primary amides is 1. The second-order valence-electron chi connectivity index (χ2n) is 4.45. The lowest BCUT2D eigenvalue weighted by molar-refractivity contribution is -0.385. The van der Waals surface area contributed by atoms with Gasteiger partial charge in [0.25, 0.3) is 0 Å². The molecule has 21 heavy (non-hydrogen) atoms. The van der Waals surface area contributed by atoms with E-state index in [-0.39, 0.29) is 17.0 Å². The highest BCUT2D eigenvalue weighted by Gasteiger charge is 2.19. The third-order valence-electron chi connectivity index (χ3n) is 2.83. The van der Waals surface area contributed by atoms with E-state index in [2.05, 4.69) is 0 Å². The average Bonchev–Trinajstić information content (AvgIpc) is 2.41. The van der Waals surface area contributed by atoms with Crippen molar-refractivity contribution in [2.45, 2.75) is 6.92 Å². The van der Waals surface area contributed by atoms with Crippen LogP contribution in [0.5, 0.6) is 11.5 Å². The first-order chi connectivity index (χ1) is 9.88. The normalized spacial score (nSPS) is 10.1. The van der Waals surface area contributed by atoms with Crippen molar-refractivity contribution in [1.82, 2.24) is 0 Å². The van der Waals surface area contributed by atoms with E-state index in [1.165, 1.54) is 12.1 Å². The van der Waals surface area contributed by atoms with Crippen molar-refractivity contribution >= 4 is 17.3 Å². The molecular formula is C14H13N3O4. The van der Waals surface area contributed by atoms with Crippen molar-refractivity contribution in [3.63, 3.8) is 0 Å². The Morgan fingerprint density at radius 2 is 1.86 bits per heavy atom. The maximum absolute atomic E-state index is 11.1. The van der Waals surface area contributed by atoms with Gasteiger partial charge in [-0.3, -0.25) is 14.9 Å². The molecule has 0 bridgehead atoms. The number of nitro groups is 1. The van der Waals surface area contributed by atoms with Crippen LogP contribution in [0, 0.1) is 17.0 Å². The van der Waals surface area contributed by atoms with Crippen LogP contribution in [0.25, 0.3) is 0 Å². The summed E-state index contributed by atoms with van der Waals surface area (Å²) in [6, 6.07) is 8.83. The van der Waals surface area contributed by atoms with Crippen LogP contribution in [0.3, 0.4) is 0 Å². The lowest BCUT2D eigenvalue weighted by atomic mass is 10.1. The van der Waals surface area contributed by atoms with Gasteiger partial charge in [0.15, 0.2) is 5.75 Å². The van der Waals surface area contributed by atoms with E-state index < -0.39 is 10.8 Å². The molecule has 4 N–H and O–H groups in total. The number of amides is 1. The number of anilines is 1. The van der Waals surface area contributed by atoms with Crippen molar-refractivity contribution in [2.24, 2.45) is 5.73 Å². The number of carbonyl (C=O) groups is 1. The number of carbonyl (C=O) groups excluding carboxylic acids is 1. The lowest BCUT2D eigenvalue weighted by Gasteiger charge is -2.09.